The van der Waals surface area contributed by atoms with Crippen molar-refractivity contribution in [1.29, 1.82) is 0 Å². The van der Waals surface area contributed by atoms with Crippen LogP contribution in [-0.4, -0.2) is 32.1 Å². The topological polar surface area (TPSA) is 51.0 Å². The van der Waals surface area contributed by atoms with Gasteiger partial charge >= 0.3 is 0 Å². The van der Waals surface area contributed by atoms with E-state index in [-0.39, 0.29) is 11.9 Å². The summed E-state index contributed by atoms with van der Waals surface area (Å²) in [5.41, 5.74) is 1.11. The second kappa shape index (κ2) is 7.05. The molecule has 118 valence electrons. The van der Waals surface area contributed by atoms with Gasteiger partial charge in [0.1, 0.15) is 6.33 Å². The van der Waals surface area contributed by atoms with Gasteiger partial charge in [-0.2, -0.15) is 11.3 Å². The molecule has 1 fully saturated rings. The van der Waals surface area contributed by atoms with E-state index < -0.39 is 0 Å². The monoisotopic (exact) mass is 318 g/mol. The third kappa shape index (κ3) is 3.21. The number of nitrogens with zero attached hydrogens (tertiary/aromatic N) is 4. The van der Waals surface area contributed by atoms with Gasteiger partial charge in [0.15, 0.2) is 5.82 Å². The van der Waals surface area contributed by atoms with Crippen molar-refractivity contribution >= 4 is 17.2 Å². The second-order valence-corrected chi connectivity index (χ2v) is 6.57. The Balaban J connectivity index is 1.78. The number of aryl methyl sites for hydroxylation is 1. The zero-order valence-electron chi connectivity index (χ0n) is 12.9. The smallest absolute Gasteiger partial charge is 0.227 e. The Labute approximate surface area is 135 Å². The quantitative estimate of drug-likeness (QED) is 0.851. The maximum atomic E-state index is 12.7. The Hall–Kier alpha value is -1.69. The van der Waals surface area contributed by atoms with E-state index in [1.54, 1.807) is 17.7 Å². The number of rotatable bonds is 5. The minimum Gasteiger partial charge on any atom is -0.332 e. The molecule has 0 radical (unpaired) electrons. The number of likely N-dealkylation sites (tertiary alicyclic amines) is 1. The van der Waals surface area contributed by atoms with Gasteiger partial charge in [0.05, 0.1) is 12.5 Å². The lowest BCUT2D eigenvalue weighted by Gasteiger charge is -2.35. The van der Waals surface area contributed by atoms with Crippen molar-refractivity contribution in [2.24, 2.45) is 0 Å². The summed E-state index contributed by atoms with van der Waals surface area (Å²) in [4.78, 5) is 14.7. The molecule has 2 aromatic rings. The van der Waals surface area contributed by atoms with Gasteiger partial charge in [-0.25, -0.2) is 0 Å². The second-order valence-electron chi connectivity index (χ2n) is 5.79. The van der Waals surface area contributed by atoms with Gasteiger partial charge in [-0.1, -0.05) is 6.92 Å². The molecule has 6 heteroatoms. The van der Waals surface area contributed by atoms with E-state index in [1.807, 2.05) is 16.3 Å². The van der Waals surface area contributed by atoms with E-state index >= 15 is 0 Å². The highest BCUT2D eigenvalue weighted by molar-refractivity contribution is 7.07. The molecule has 0 aliphatic carbocycles. The summed E-state index contributed by atoms with van der Waals surface area (Å²) < 4.78 is 2.10. The SMILES string of the molecule is CCCn1cnnc1C1CCCCN1C(=O)Cc1ccsc1. The first-order valence-electron chi connectivity index (χ1n) is 7.98. The van der Waals surface area contributed by atoms with Gasteiger partial charge in [-0.3, -0.25) is 4.79 Å². The van der Waals surface area contributed by atoms with Gasteiger partial charge in [-0.15, -0.1) is 10.2 Å². The van der Waals surface area contributed by atoms with E-state index in [2.05, 4.69) is 27.1 Å². The highest BCUT2D eigenvalue weighted by Crippen LogP contribution is 2.30. The summed E-state index contributed by atoms with van der Waals surface area (Å²) in [7, 11) is 0. The first kappa shape index (κ1) is 15.2. The molecule has 5 nitrogen and oxygen atoms in total. The highest BCUT2D eigenvalue weighted by Gasteiger charge is 2.31. The number of amides is 1. The Bertz CT molecular complexity index is 607. The predicted octanol–water partition coefficient (Wildman–Crippen LogP) is 3.05. The number of thiophene rings is 1. The number of carbonyl (C=O) groups is 1. The van der Waals surface area contributed by atoms with Crippen LogP contribution in [0.3, 0.4) is 0 Å². The molecule has 0 saturated carbocycles. The lowest BCUT2D eigenvalue weighted by atomic mass is 10.00. The third-order valence-corrected chi connectivity index (χ3v) is 4.90. The largest absolute Gasteiger partial charge is 0.332 e. The summed E-state index contributed by atoms with van der Waals surface area (Å²) in [5, 5.41) is 12.4. The van der Waals surface area contributed by atoms with E-state index in [4.69, 9.17) is 0 Å². The maximum Gasteiger partial charge on any atom is 0.227 e. The first-order valence-corrected chi connectivity index (χ1v) is 8.92. The van der Waals surface area contributed by atoms with E-state index in [0.717, 1.165) is 50.2 Å². The third-order valence-electron chi connectivity index (χ3n) is 4.17. The Kier molecular flexibility index (Phi) is 4.87. The van der Waals surface area contributed by atoms with Crippen LogP contribution in [0, 0.1) is 0 Å². The number of piperidine rings is 1. The van der Waals surface area contributed by atoms with Crippen LogP contribution in [-0.2, 0) is 17.8 Å². The molecule has 1 amide bonds. The van der Waals surface area contributed by atoms with E-state index in [9.17, 15) is 4.79 Å². The fraction of sp³-hybridized carbons (Fsp3) is 0.562. The minimum absolute atomic E-state index is 0.0777. The zero-order valence-corrected chi connectivity index (χ0v) is 13.8. The fourth-order valence-electron chi connectivity index (χ4n) is 3.10. The lowest BCUT2D eigenvalue weighted by Crippen LogP contribution is -2.40. The van der Waals surface area contributed by atoms with Crippen LogP contribution < -0.4 is 0 Å². The molecule has 1 unspecified atom stereocenters. The average molecular weight is 318 g/mol. The summed E-state index contributed by atoms with van der Waals surface area (Å²) in [5.74, 6) is 1.15. The van der Waals surface area contributed by atoms with Gasteiger partial charge in [-0.05, 0) is 48.1 Å². The molecule has 3 rings (SSSR count). The molecule has 0 aromatic carbocycles. The van der Waals surface area contributed by atoms with Crippen LogP contribution in [0.2, 0.25) is 0 Å². The molecule has 0 spiro atoms. The molecule has 1 saturated heterocycles. The van der Waals surface area contributed by atoms with Gasteiger partial charge < -0.3 is 9.47 Å². The van der Waals surface area contributed by atoms with Crippen molar-refractivity contribution in [2.75, 3.05) is 6.54 Å². The fourth-order valence-corrected chi connectivity index (χ4v) is 3.77. The van der Waals surface area contributed by atoms with Crippen LogP contribution in [0.5, 0.6) is 0 Å². The van der Waals surface area contributed by atoms with Crippen molar-refractivity contribution in [3.8, 4) is 0 Å². The number of hydrogen-bond donors (Lipinski definition) is 0. The van der Waals surface area contributed by atoms with E-state index in [0.29, 0.717) is 6.42 Å². The van der Waals surface area contributed by atoms with Crippen molar-refractivity contribution < 1.29 is 4.79 Å². The minimum atomic E-state index is 0.0777. The Morgan fingerprint density at radius 1 is 1.45 bits per heavy atom. The number of hydrogen-bond acceptors (Lipinski definition) is 4. The first-order chi connectivity index (χ1) is 10.8. The van der Waals surface area contributed by atoms with Crippen molar-refractivity contribution in [3.63, 3.8) is 0 Å². The molecule has 0 bridgehead atoms. The molecule has 3 heterocycles. The van der Waals surface area contributed by atoms with Crippen molar-refractivity contribution in [3.05, 3.63) is 34.5 Å². The summed E-state index contributed by atoms with van der Waals surface area (Å²) >= 11 is 1.64. The van der Waals surface area contributed by atoms with Crippen molar-refractivity contribution in [1.82, 2.24) is 19.7 Å². The van der Waals surface area contributed by atoms with Crippen LogP contribution in [0.4, 0.5) is 0 Å². The van der Waals surface area contributed by atoms with Crippen LogP contribution in [0.15, 0.2) is 23.2 Å². The van der Waals surface area contributed by atoms with Crippen LogP contribution >= 0.6 is 11.3 Å². The summed E-state index contributed by atoms with van der Waals surface area (Å²) in [6.07, 6.45) is 6.52. The molecule has 0 N–H and O–H groups in total. The highest BCUT2D eigenvalue weighted by atomic mass is 32.1. The maximum absolute atomic E-state index is 12.7. The molecule has 1 atom stereocenters. The van der Waals surface area contributed by atoms with E-state index in [1.165, 1.54) is 0 Å². The van der Waals surface area contributed by atoms with Gasteiger partial charge in [0.25, 0.3) is 0 Å². The molecule has 22 heavy (non-hydrogen) atoms. The zero-order chi connectivity index (χ0) is 15.4. The van der Waals surface area contributed by atoms with Gasteiger partial charge in [0, 0.05) is 13.1 Å². The van der Waals surface area contributed by atoms with Gasteiger partial charge in [0.2, 0.25) is 5.91 Å². The molecular weight excluding hydrogens is 296 g/mol. The summed E-state index contributed by atoms with van der Waals surface area (Å²) in [6.45, 7) is 3.88. The number of aromatic nitrogens is 3. The average Bonchev–Trinajstić information content (AvgIpc) is 3.19. The van der Waals surface area contributed by atoms with Crippen LogP contribution in [0.25, 0.3) is 0 Å². The number of carbonyl (C=O) groups excluding carboxylic acids is 1. The Morgan fingerprint density at radius 3 is 3.14 bits per heavy atom. The van der Waals surface area contributed by atoms with Crippen molar-refractivity contribution in [2.45, 2.75) is 51.6 Å². The molecular formula is C16H22N4OS. The molecule has 1 aliphatic rings. The normalized spacial score (nSPS) is 18.6. The standard InChI is InChI=1S/C16H22N4OS/c1-2-7-19-12-17-18-16(19)14-5-3-4-8-20(14)15(21)10-13-6-9-22-11-13/h6,9,11-12,14H,2-5,7-8,10H2,1H3. The molecule has 1 aliphatic heterocycles. The lowest BCUT2D eigenvalue weighted by molar-refractivity contribution is -0.134. The summed E-state index contributed by atoms with van der Waals surface area (Å²) in [6, 6.07) is 2.11. The molecule has 2 aromatic heterocycles. The van der Waals surface area contributed by atoms with Crippen LogP contribution in [0.1, 0.15) is 50.0 Å². The Morgan fingerprint density at radius 2 is 2.36 bits per heavy atom. The predicted molar refractivity (Wildman–Crippen MR) is 86.6 cm³/mol.